The van der Waals surface area contributed by atoms with Crippen LogP contribution in [0.4, 0.5) is 9.93 Å². The van der Waals surface area contributed by atoms with Crippen LogP contribution in [0.15, 0.2) is 24.4 Å². The van der Waals surface area contributed by atoms with Crippen molar-refractivity contribution < 1.29 is 23.9 Å². The summed E-state index contributed by atoms with van der Waals surface area (Å²) in [6, 6.07) is 5.63. The Morgan fingerprint density at radius 3 is 2.81 bits per heavy atom. The number of nitrogens with one attached hydrogen (secondary N) is 3. The highest BCUT2D eigenvalue weighted by atomic mass is 32.1. The Morgan fingerprint density at radius 1 is 1.26 bits per heavy atom. The highest BCUT2D eigenvalue weighted by Gasteiger charge is 2.36. The van der Waals surface area contributed by atoms with Crippen molar-refractivity contribution in [3.05, 3.63) is 46.1 Å². The van der Waals surface area contributed by atoms with Crippen molar-refractivity contribution in [1.29, 1.82) is 0 Å². The molecule has 2 saturated heterocycles. The number of rotatable bonds is 5. The van der Waals surface area contributed by atoms with Gasteiger partial charge in [-0.3, -0.25) is 9.59 Å². The number of amides is 3. The lowest BCUT2D eigenvalue weighted by Gasteiger charge is -2.39. The van der Waals surface area contributed by atoms with E-state index < -0.39 is 11.7 Å². The SMILES string of the molecule is CC1(C)Cc2nc(N3CCOC[C@@H]3Cc3c[nH]c4ccc(C(=O)N5CC(NC(=O)OC(C)(C)C)C5)cc34)sc2C(=O)N1. The molecule has 0 bridgehead atoms. The molecule has 224 valence electrons. The largest absolute Gasteiger partial charge is 0.444 e. The number of H-pyrrole nitrogens is 1. The van der Waals surface area contributed by atoms with Crippen molar-refractivity contribution in [2.24, 2.45) is 0 Å². The van der Waals surface area contributed by atoms with Crippen LogP contribution in [-0.4, -0.2) is 88.8 Å². The van der Waals surface area contributed by atoms with Crippen LogP contribution in [-0.2, 0) is 22.3 Å². The minimum atomic E-state index is -0.568. The van der Waals surface area contributed by atoms with E-state index in [-0.39, 0.29) is 29.4 Å². The Morgan fingerprint density at radius 2 is 2.05 bits per heavy atom. The van der Waals surface area contributed by atoms with Crippen molar-refractivity contribution in [3.8, 4) is 0 Å². The van der Waals surface area contributed by atoms with Gasteiger partial charge in [-0.05, 0) is 64.8 Å². The molecule has 2 fully saturated rings. The number of likely N-dealkylation sites (tertiary alicyclic amines) is 1. The highest BCUT2D eigenvalue weighted by molar-refractivity contribution is 7.17. The molecule has 5 heterocycles. The Kier molecular flexibility index (Phi) is 7.17. The first-order valence-electron chi connectivity index (χ1n) is 14.4. The number of ether oxygens (including phenoxy) is 2. The van der Waals surface area contributed by atoms with Gasteiger partial charge in [0.05, 0.1) is 31.0 Å². The number of benzene rings is 1. The number of fused-ring (bicyclic) bond motifs is 2. The number of nitrogens with zero attached hydrogens (tertiary/aromatic N) is 3. The summed E-state index contributed by atoms with van der Waals surface area (Å²) in [7, 11) is 0. The van der Waals surface area contributed by atoms with Gasteiger partial charge in [0.1, 0.15) is 10.5 Å². The molecule has 1 atom stereocenters. The van der Waals surface area contributed by atoms with E-state index in [0.717, 1.165) is 27.3 Å². The second-order valence-electron chi connectivity index (χ2n) is 13.0. The number of aromatic nitrogens is 2. The maximum Gasteiger partial charge on any atom is 0.407 e. The smallest absolute Gasteiger partial charge is 0.407 e. The van der Waals surface area contributed by atoms with E-state index in [2.05, 4.69) is 20.5 Å². The van der Waals surface area contributed by atoms with Gasteiger partial charge < -0.3 is 34.9 Å². The molecular formula is C30H38N6O5S. The average molecular weight is 595 g/mol. The fraction of sp³-hybridized carbons (Fsp3) is 0.533. The quantitative estimate of drug-likeness (QED) is 0.413. The normalized spacial score (nSPS) is 20.6. The Balaban J connectivity index is 1.15. The average Bonchev–Trinajstić information content (AvgIpc) is 3.48. The van der Waals surface area contributed by atoms with Gasteiger partial charge in [0, 0.05) is 54.3 Å². The van der Waals surface area contributed by atoms with Gasteiger partial charge in [0.25, 0.3) is 11.8 Å². The van der Waals surface area contributed by atoms with Crippen molar-refractivity contribution in [3.63, 3.8) is 0 Å². The first-order chi connectivity index (χ1) is 19.8. The minimum Gasteiger partial charge on any atom is -0.444 e. The van der Waals surface area contributed by atoms with Crippen LogP contribution in [0.1, 0.15) is 65.9 Å². The molecule has 0 saturated carbocycles. The van der Waals surface area contributed by atoms with Gasteiger partial charge in [-0.1, -0.05) is 11.3 Å². The maximum atomic E-state index is 13.3. The second kappa shape index (κ2) is 10.6. The number of carbonyl (C=O) groups is 3. The molecule has 3 aromatic rings. The summed E-state index contributed by atoms with van der Waals surface area (Å²) in [6.07, 6.45) is 2.93. The number of carbonyl (C=O) groups excluding carboxylic acids is 3. The van der Waals surface area contributed by atoms with E-state index in [0.29, 0.717) is 56.1 Å². The standard InChI is InChI=1S/C30H38N6O5S/c1-29(2,3)41-28(39)32-19-14-35(15-19)26(38)17-6-7-22-21(11-17)18(13-31-22)10-20-16-40-9-8-36(20)27-33-23-12-30(4,5)34-25(37)24(23)42-27/h6-7,11,13,19-20,31H,8-10,12,14-16H2,1-5H3,(H,32,39)(H,34,37)/t20-/m0/s1. The van der Waals surface area contributed by atoms with Crippen molar-refractivity contribution in [1.82, 2.24) is 25.5 Å². The zero-order valence-corrected chi connectivity index (χ0v) is 25.5. The first-order valence-corrected chi connectivity index (χ1v) is 15.2. The zero-order chi connectivity index (χ0) is 29.8. The fourth-order valence-electron chi connectivity index (χ4n) is 5.79. The molecule has 0 unspecified atom stereocenters. The van der Waals surface area contributed by atoms with E-state index in [4.69, 9.17) is 14.5 Å². The topological polar surface area (TPSA) is 129 Å². The van der Waals surface area contributed by atoms with Crippen LogP contribution in [0.5, 0.6) is 0 Å². The predicted molar refractivity (Wildman–Crippen MR) is 160 cm³/mol. The summed E-state index contributed by atoms with van der Waals surface area (Å²) in [5.41, 5.74) is 2.64. The summed E-state index contributed by atoms with van der Waals surface area (Å²) in [6.45, 7) is 12.2. The number of anilines is 1. The summed E-state index contributed by atoms with van der Waals surface area (Å²) < 4.78 is 11.2. The second-order valence-corrected chi connectivity index (χ2v) is 14.0. The monoisotopic (exact) mass is 594 g/mol. The Labute approximate surface area is 248 Å². The van der Waals surface area contributed by atoms with E-state index >= 15 is 0 Å². The van der Waals surface area contributed by atoms with E-state index in [1.54, 1.807) is 4.90 Å². The van der Waals surface area contributed by atoms with Crippen LogP contribution in [0.2, 0.25) is 0 Å². The molecule has 42 heavy (non-hydrogen) atoms. The van der Waals surface area contributed by atoms with E-state index in [1.165, 1.54) is 11.3 Å². The number of hydrogen-bond acceptors (Lipinski definition) is 8. The number of morpholine rings is 1. The molecule has 0 aliphatic carbocycles. The molecule has 2 aromatic heterocycles. The lowest BCUT2D eigenvalue weighted by molar-refractivity contribution is 0.0359. The molecule has 3 N–H and O–H groups in total. The molecule has 3 amide bonds. The maximum absolute atomic E-state index is 13.3. The van der Waals surface area contributed by atoms with E-state index in [9.17, 15) is 14.4 Å². The summed E-state index contributed by atoms with van der Waals surface area (Å²) in [5, 5.41) is 7.75. The zero-order valence-electron chi connectivity index (χ0n) is 24.7. The lowest BCUT2D eigenvalue weighted by atomic mass is 9.94. The summed E-state index contributed by atoms with van der Waals surface area (Å²) >= 11 is 1.45. The third-order valence-corrected chi connectivity index (χ3v) is 8.92. The van der Waals surface area contributed by atoms with E-state index in [1.807, 2.05) is 59.0 Å². The van der Waals surface area contributed by atoms with Gasteiger partial charge in [-0.2, -0.15) is 0 Å². The molecule has 12 heteroatoms. The molecule has 6 rings (SSSR count). The molecule has 3 aliphatic heterocycles. The fourth-order valence-corrected chi connectivity index (χ4v) is 6.86. The molecule has 11 nitrogen and oxygen atoms in total. The number of aromatic amines is 1. The predicted octanol–water partition coefficient (Wildman–Crippen LogP) is 3.49. The minimum absolute atomic E-state index is 0.0378. The molecule has 0 radical (unpaired) electrons. The van der Waals surface area contributed by atoms with Crippen molar-refractivity contribution in [2.75, 3.05) is 37.7 Å². The summed E-state index contributed by atoms with van der Waals surface area (Å²) in [4.78, 5) is 51.0. The third-order valence-electron chi connectivity index (χ3n) is 7.79. The van der Waals surface area contributed by atoms with Crippen LogP contribution < -0.4 is 15.5 Å². The van der Waals surface area contributed by atoms with Crippen LogP contribution in [0, 0.1) is 0 Å². The first kappa shape index (κ1) is 28.5. The number of alkyl carbamates (subject to hydrolysis) is 1. The van der Waals surface area contributed by atoms with Gasteiger partial charge >= 0.3 is 6.09 Å². The molecule has 1 aromatic carbocycles. The van der Waals surface area contributed by atoms with Gasteiger partial charge in [0.15, 0.2) is 5.13 Å². The van der Waals surface area contributed by atoms with Crippen molar-refractivity contribution in [2.45, 2.75) is 70.7 Å². The van der Waals surface area contributed by atoms with Gasteiger partial charge in [-0.25, -0.2) is 9.78 Å². The number of thiazole rings is 1. The van der Waals surface area contributed by atoms with Crippen LogP contribution in [0.25, 0.3) is 10.9 Å². The Bertz CT molecular complexity index is 1530. The van der Waals surface area contributed by atoms with Gasteiger partial charge in [0.2, 0.25) is 0 Å². The highest BCUT2D eigenvalue weighted by Crippen LogP contribution is 2.34. The Hall–Kier alpha value is -3.64. The lowest BCUT2D eigenvalue weighted by Crippen LogP contribution is -2.61. The molecule has 3 aliphatic rings. The van der Waals surface area contributed by atoms with Gasteiger partial charge in [-0.15, -0.1) is 0 Å². The van der Waals surface area contributed by atoms with Crippen LogP contribution >= 0.6 is 11.3 Å². The van der Waals surface area contributed by atoms with Crippen LogP contribution in [0.3, 0.4) is 0 Å². The third kappa shape index (κ3) is 5.82. The summed E-state index contributed by atoms with van der Waals surface area (Å²) in [5.74, 6) is -0.124. The molecular weight excluding hydrogens is 556 g/mol. The molecule has 0 spiro atoms. The number of hydrogen-bond donors (Lipinski definition) is 3. The van der Waals surface area contributed by atoms with Crippen molar-refractivity contribution >= 4 is 45.3 Å².